The van der Waals surface area contributed by atoms with Crippen LogP contribution < -0.4 is 5.32 Å². The first kappa shape index (κ1) is 15.3. The van der Waals surface area contributed by atoms with E-state index in [4.69, 9.17) is 4.42 Å². The molecule has 21 heavy (non-hydrogen) atoms. The maximum atomic E-state index is 12.1. The molecule has 0 aliphatic rings. The van der Waals surface area contributed by atoms with Gasteiger partial charge in [-0.25, -0.2) is 0 Å². The van der Waals surface area contributed by atoms with Gasteiger partial charge in [0.2, 0.25) is 0 Å². The first-order valence-corrected chi connectivity index (χ1v) is 7.05. The van der Waals surface area contributed by atoms with Gasteiger partial charge in [-0.15, -0.1) is 0 Å². The minimum Gasteiger partial charge on any atom is -0.463 e. The molecule has 0 atom stereocenters. The molecule has 2 aromatic rings. The van der Waals surface area contributed by atoms with E-state index >= 15 is 0 Å². The maximum absolute atomic E-state index is 12.1. The molecule has 2 rings (SSSR count). The lowest BCUT2D eigenvalue weighted by Gasteiger charge is -2.04. The number of nitrogens with one attached hydrogen (secondary N) is 1. The first-order chi connectivity index (χ1) is 10.0. The van der Waals surface area contributed by atoms with Crippen molar-refractivity contribution in [2.24, 2.45) is 0 Å². The first-order valence-electron chi connectivity index (χ1n) is 6.00. The summed E-state index contributed by atoms with van der Waals surface area (Å²) in [6.07, 6.45) is 0. The van der Waals surface area contributed by atoms with Gasteiger partial charge in [-0.3, -0.25) is 10.1 Å². The fourth-order valence-corrected chi connectivity index (χ4v) is 2.10. The summed E-state index contributed by atoms with van der Waals surface area (Å²) in [4.78, 5) is 10.2. The van der Waals surface area contributed by atoms with Crippen LogP contribution in [0, 0.1) is 10.1 Å². The normalized spacial score (nSPS) is 10.8. The molecule has 0 aliphatic heterocycles. The van der Waals surface area contributed by atoms with Gasteiger partial charge in [0, 0.05) is 17.8 Å². The Kier molecular flexibility index (Phi) is 5.15. The quantitative estimate of drug-likeness (QED) is 0.611. The zero-order valence-corrected chi connectivity index (χ0v) is 11.6. The Bertz CT molecular complexity index is 619. The van der Waals surface area contributed by atoms with Crippen LogP contribution in [0.4, 0.5) is 20.2 Å². The number of rotatable bonds is 7. The molecule has 0 spiro atoms. The molecule has 0 unspecified atom stereocenters. The summed E-state index contributed by atoms with van der Waals surface area (Å²) in [5.74, 6) is -1.28. The lowest BCUT2D eigenvalue weighted by Crippen LogP contribution is -1.98. The van der Waals surface area contributed by atoms with E-state index < -0.39 is 10.7 Å². The van der Waals surface area contributed by atoms with E-state index in [1.54, 1.807) is 24.3 Å². The Hall–Kier alpha value is -2.09. The zero-order chi connectivity index (χ0) is 15.2. The van der Waals surface area contributed by atoms with E-state index in [0.717, 1.165) is 0 Å². The molecular formula is C13H12F2N2O3S. The van der Waals surface area contributed by atoms with Gasteiger partial charge in [-0.1, -0.05) is 17.8 Å². The van der Waals surface area contributed by atoms with Gasteiger partial charge in [0.1, 0.15) is 11.5 Å². The van der Waals surface area contributed by atoms with E-state index in [0.29, 0.717) is 35.5 Å². The molecule has 0 aliphatic carbocycles. The number of furan rings is 1. The highest BCUT2D eigenvalue weighted by Crippen LogP contribution is 2.22. The molecule has 0 amide bonds. The van der Waals surface area contributed by atoms with Crippen LogP contribution >= 0.6 is 11.8 Å². The lowest BCUT2D eigenvalue weighted by molar-refractivity contribution is -0.384. The van der Waals surface area contributed by atoms with Crippen molar-refractivity contribution in [3.63, 3.8) is 0 Å². The minimum atomic E-state index is -2.43. The summed E-state index contributed by atoms with van der Waals surface area (Å²) in [6.45, 7) is 0.320. The second-order valence-electron chi connectivity index (χ2n) is 4.10. The molecule has 0 radical (unpaired) electrons. The van der Waals surface area contributed by atoms with Crippen molar-refractivity contribution in [3.8, 4) is 0 Å². The zero-order valence-electron chi connectivity index (χ0n) is 10.8. The van der Waals surface area contributed by atoms with Crippen molar-refractivity contribution in [3.05, 3.63) is 58.0 Å². The minimum absolute atomic E-state index is 0.00605. The third kappa shape index (κ3) is 4.75. The number of thioether (sulfide) groups is 1. The molecule has 1 aromatic carbocycles. The number of anilines is 1. The fraction of sp³-hybridized carbons (Fsp3) is 0.231. The Morgan fingerprint density at radius 3 is 2.76 bits per heavy atom. The number of nitrogens with zero attached hydrogens (tertiary/aromatic N) is 1. The van der Waals surface area contributed by atoms with E-state index in [9.17, 15) is 18.9 Å². The molecule has 0 fully saturated rings. The summed E-state index contributed by atoms with van der Waals surface area (Å²) in [6, 6.07) is 9.41. The van der Waals surface area contributed by atoms with E-state index in [1.165, 1.54) is 12.1 Å². The highest BCUT2D eigenvalue weighted by atomic mass is 32.2. The molecule has 1 aromatic heterocycles. The van der Waals surface area contributed by atoms with E-state index in [1.807, 2.05) is 0 Å². The van der Waals surface area contributed by atoms with Crippen LogP contribution in [-0.4, -0.2) is 10.7 Å². The standard InChI is InChI=1S/C13H12F2N2O3S/c14-13(15)21-8-12-5-4-11(20-12)7-16-9-2-1-3-10(6-9)17(18)19/h1-6,13,16H,7-8H2. The number of hydrogen-bond acceptors (Lipinski definition) is 5. The maximum Gasteiger partial charge on any atom is 0.284 e. The summed E-state index contributed by atoms with van der Waals surface area (Å²) in [7, 11) is 0. The number of benzene rings is 1. The highest BCUT2D eigenvalue weighted by Gasteiger charge is 2.08. The van der Waals surface area contributed by atoms with Crippen LogP contribution in [0.15, 0.2) is 40.8 Å². The number of nitro benzene ring substituents is 1. The predicted octanol–water partition coefficient (Wildman–Crippen LogP) is 4.26. The molecule has 0 bridgehead atoms. The lowest BCUT2D eigenvalue weighted by atomic mass is 10.3. The predicted molar refractivity (Wildman–Crippen MR) is 76.4 cm³/mol. The van der Waals surface area contributed by atoms with Crippen molar-refractivity contribution in [1.29, 1.82) is 0 Å². The third-order valence-corrected chi connectivity index (χ3v) is 3.30. The van der Waals surface area contributed by atoms with Gasteiger partial charge in [-0.2, -0.15) is 8.78 Å². The van der Waals surface area contributed by atoms with Gasteiger partial charge in [0.25, 0.3) is 11.4 Å². The van der Waals surface area contributed by atoms with Crippen LogP contribution in [0.1, 0.15) is 11.5 Å². The van der Waals surface area contributed by atoms with Crippen molar-refractivity contribution >= 4 is 23.1 Å². The Morgan fingerprint density at radius 2 is 2.05 bits per heavy atom. The third-order valence-electron chi connectivity index (χ3n) is 2.59. The molecule has 1 heterocycles. The summed E-state index contributed by atoms with van der Waals surface area (Å²) in [5, 5.41) is 13.6. The van der Waals surface area contributed by atoms with Crippen molar-refractivity contribution in [1.82, 2.24) is 0 Å². The smallest absolute Gasteiger partial charge is 0.284 e. The SMILES string of the molecule is O=[N+]([O-])c1cccc(NCc2ccc(CSC(F)F)o2)c1. The highest BCUT2D eigenvalue weighted by molar-refractivity contribution is 7.98. The van der Waals surface area contributed by atoms with E-state index in [-0.39, 0.29) is 11.4 Å². The molecule has 112 valence electrons. The molecule has 1 N–H and O–H groups in total. The van der Waals surface area contributed by atoms with Gasteiger partial charge < -0.3 is 9.73 Å². The van der Waals surface area contributed by atoms with Gasteiger partial charge in [0.15, 0.2) is 0 Å². The Balaban J connectivity index is 1.91. The second-order valence-corrected chi connectivity index (χ2v) is 5.08. The topological polar surface area (TPSA) is 68.3 Å². The summed E-state index contributed by atoms with van der Waals surface area (Å²) in [5.41, 5.74) is 0.581. The van der Waals surface area contributed by atoms with Gasteiger partial charge in [-0.05, 0) is 18.2 Å². The van der Waals surface area contributed by atoms with Crippen molar-refractivity contribution < 1.29 is 18.1 Å². The summed E-state index contributed by atoms with van der Waals surface area (Å²) >= 11 is 0.495. The fourth-order valence-electron chi connectivity index (χ4n) is 1.66. The molecule has 5 nitrogen and oxygen atoms in total. The average molecular weight is 314 g/mol. The number of hydrogen-bond donors (Lipinski definition) is 1. The molecule has 8 heteroatoms. The Morgan fingerprint density at radius 1 is 1.29 bits per heavy atom. The monoisotopic (exact) mass is 314 g/mol. The van der Waals surface area contributed by atoms with Crippen LogP contribution in [-0.2, 0) is 12.3 Å². The van der Waals surface area contributed by atoms with Crippen LogP contribution in [0.5, 0.6) is 0 Å². The van der Waals surface area contributed by atoms with Crippen LogP contribution in [0.3, 0.4) is 0 Å². The number of alkyl halides is 2. The van der Waals surface area contributed by atoms with E-state index in [2.05, 4.69) is 5.32 Å². The summed E-state index contributed by atoms with van der Waals surface area (Å²) < 4.78 is 29.5. The number of halogens is 2. The second kappa shape index (κ2) is 7.07. The van der Waals surface area contributed by atoms with Gasteiger partial charge >= 0.3 is 0 Å². The van der Waals surface area contributed by atoms with Crippen molar-refractivity contribution in [2.45, 2.75) is 18.1 Å². The largest absolute Gasteiger partial charge is 0.463 e. The average Bonchev–Trinajstić information content (AvgIpc) is 2.91. The molecular weight excluding hydrogens is 302 g/mol. The van der Waals surface area contributed by atoms with Crippen LogP contribution in [0.25, 0.3) is 0 Å². The van der Waals surface area contributed by atoms with Gasteiger partial charge in [0.05, 0.1) is 17.2 Å². The van der Waals surface area contributed by atoms with Crippen LogP contribution in [0.2, 0.25) is 0 Å². The van der Waals surface area contributed by atoms with Crippen molar-refractivity contribution in [2.75, 3.05) is 5.32 Å². The molecule has 0 saturated heterocycles. The number of non-ortho nitro benzene ring substituents is 1. The number of nitro groups is 1. The Labute approximate surface area is 123 Å². The molecule has 0 saturated carbocycles.